The Hall–Kier alpha value is -5.14. The predicted octanol–water partition coefficient (Wildman–Crippen LogP) is 3.83. The van der Waals surface area contributed by atoms with E-state index in [0.717, 1.165) is 23.1 Å². The van der Waals surface area contributed by atoms with Crippen LogP contribution in [0.3, 0.4) is 0 Å². The van der Waals surface area contributed by atoms with Crippen molar-refractivity contribution in [2.75, 3.05) is 25.6 Å². The quantitative estimate of drug-likeness (QED) is 0.186. The van der Waals surface area contributed by atoms with Gasteiger partial charge in [0.25, 0.3) is 0 Å². The molecule has 2 aromatic heterocycles. The molecule has 13 nitrogen and oxygen atoms in total. The standard InChI is InChI=1S/C34H35ClN8O5/c1-47-33(45)15-21-6-9-26-22-12-13-36-30(17-22)27(4-2-3-5-28(39-29(26)14-21)34(46)38-25-18-48-19-25)40-32(44)11-7-23-16-24(35)8-10-31(23)43-20-37-41-42-43/h6-14,16-17,20,25,27-28,39H,2-5,15,18-19H2,1H3,(H,38,46)(H,40,44)/b11-7+/t27-,28+/m0/s1. The number of tetrazole rings is 1. The fraction of sp³-hybridized carbons (Fsp3) is 0.324. The maximum absolute atomic E-state index is 13.4. The number of carbonyl (C=O) groups excluding carboxylic acids is 3. The first kappa shape index (κ1) is 32.8. The van der Waals surface area contributed by atoms with E-state index in [2.05, 4.69) is 36.5 Å². The number of nitrogens with zero attached hydrogens (tertiary/aromatic N) is 5. The summed E-state index contributed by atoms with van der Waals surface area (Å²) in [4.78, 5) is 43.5. The Morgan fingerprint density at radius 1 is 1.08 bits per heavy atom. The van der Waals surface area contributed by atoms with Crippen LogP contribution in [0.2, 0.25) is 5.02 Å². The molecule has 2 aliphatic rings. The number of halogens is 1. The molecule has 14 heteroatoms. The Labute approximate surface area is 282 Å². The number of carbonyl (C=O) groups is 3. The van der Waals surface area contributed by atoms with E-state index in [1.807, 2.05) is 30.3 Å². The third-order valence-electron chi connectivity index (χ3n) is 8.29. The fourth-order valence-corrected chi connectivity index (χ4v) is 5.89. The number of anilines is 1. The molecule has 2 aromatic carbocycles. The third kappa shape index (κ3) is 8.04. The number of ether oxygens (including phenoxy) is 2. The highest BCUT2D eigenvalue weighted by Crippen LogP contribution is 2.33. The van der Waals surface area contributed by atoms with E-state index in [0.29, 0.717) is 60.1 Å². The Bertz CT molecular complexity index is 1810. The van der Waals surface area contributed by atoms with Crippen molar-refractivity contribution in [1.82, 2.24) is 35.8 Å². The van der Waals surface area contributed by atoms with Crippen LogP contribution in [0.25, 0.3) is 22.9 Å². The Balaban J connectivity index is 1.28. The van der Waals surface area contributed by atoms with E-state index in [4.69, 9.17) is 21.1 Å². The van der Waals surface area contributed by atoms with Crippen LogP contribution >= 0.6 is 11.6 Å². The van der Waals surface area contributed by atoms with Crippen LogP contribution in [0.4, 0.5) is 5.69 Å². The minimum Gasteiger partial charge on any atom is -0.469 e. The van der Waals surface area contributed by atoms with Gasteiger partial charge in [0.2, 0.25) is 11.8 Å². The summed E-state index contributed by atoms with van der Waals surface area (Å²) in [5.41, 5.74) is 5.17. The van der Waals surface area contributed by atoms with Crippen molar-refractivity contribution in [3.05, 3.63) is 89.0 Å². The molecule has 6 rings (SSSR count). The first-order chi connectivity index (χ1) is 23.4. The minimum atomic E-state index is -0.526. The molecular weight excluding hydrogens is 636 g/mol. The number of hydrogen-bond acceptors (Lipinski definition) is 10. The van der Waals surface area contributed by atoms with Gasteiger partial charge >= 0.3 is 5.97 Å². The summed E-state index contributed by atoms with van der Waals surface area (Å²) in [5.74, 6) is -0.781. The second kappa shape index (κ2) is 15.2. The lowest BCUT2D eigenvalue weighted by molar-refractivity contribution is -0.139. The number of nitrogens with one attached hydrogen (secondary N) is 3. The van der Waals surface area contributed by atoms with Crippen molar-refractivity contribution in [2.24, 2.45) is 0 Å². The zero-order valence-corrected chi connectivity index (χ0v) is 27.0. The van der Waals surface area contributed by atoms with E-state index in [-0.39, 0.29) is 30.2 Å². The number of hydrogen-bond donors (Lipinski definition) is 3. The largest absolute Gasteiger partial charge is 0.469 e. The number of pyridine rings is 1. The molecule has 4 aromatic rings. The second-order valence-corrected chi connectivity index (χ2v) is 12.1. The summed E-state index contributed by atoms with van der Waals surface area (Å²) in [7, 11) is 1.35. The van der Waals surface area contributed by atoms with Gasteiger partial charge in [0.1, 0.15) is 12.4 Å². The van der Waals surface area contributed by atoms with Gasteiger partial charge in [-0.2, -0.15) is 4.68 Å². The average molecular weight is 671 g/mol. The second-order valence-electron chi connectivity index (χ2n) is 11.7. The van der Waals surface area contributed by atoms with Crippen molar-refractivity contribution in [3.8, 4) is 16.8 Å². The molecule has 2 aliphatic heterocycles. The van der Waals surface area contributed by atoms with Gasteiger partial charge in [-0.3, -0.25) is 19.4 Å². The molecule has 0 radical (unpaired) electrons. The summed E-state index contributed by atoms with van der Waals surface area (Å²) in [5, 5.41) is 21.5. The molecule has 0 spiro atoms. The first-order valence-electron chi connectivity index (χ1n) is 15.7. The summed E-state index contributed by atoms with van der Waals surface area (Å²) < 4.78 is 11.6. The lowest BCUT2D eigenvalue weighted by Gasteiger charge is -2.30. The number of benzene rings is 2. The van der Waals surface area contributed by atoms with Gasteiger partial charge in [-0.1, -0.05) is 36.6 Å². The fourth-order valence-electron chi connectivity index (χ4n) is 5.71. The van der Waals surface area contributed by atoms with Gasteiger partial charge in [0, 0.05) is 34.1 Å². The Morgan fingerprint density at radius 3 is 2.71 bits per heavy atom. The van der Waals surface area contributed by atoms with Crippen LogP contribution in [0.1, 0.15) is 48.5 Å². The van der Waals surface area contributed by atoms with Crippen LogP contribution in [0.15, 0.2) is 67.1 Å². The minimum absolute atomic E-state index is 0.0166. The van der Waals surface area contributed by atoms with E-state index in [1.165, 1.54) is 24.2 Å². The number of rotatable bonds is 8. The molecule has 0 unspecified atom stereocenters. The lowest BCUT2D eigenvalue weighted by Crippen LogP contribution is -2.53. The van der Waals surface area contributed by atoms with E-state index in [9.17, 15) is 14.4 Å². The lowest BCUT2D eigenvalue weighted by atomic mass is 9.95. The number of esters is 1. The van der Waals surface area contributed by atoms with Crippen LogP contribution in [0, 0.1) is 0 Å². The predicted molar refractivity (Wildman–Crippen MR) is 178 cm³/mol. The van der Waals surface area contributed by atoms with E-state index >= 15 is 0 Å². The maximum atomic E-state index is 13.4. The van der Waals surface area contributed by atoms with Gasteiger partial charge < -0.3 is 25.4 Å². The van der Waals surface area contributed by atoms with Crippen LogP contribution in [0.5, 0.6) is 0 Å². The Kier molecular flexibility index (Phi) is 10.4. The molecule has 48 heavy (non-hydrogen) atoms. The highest BCUT2D eigenvalue weighted by atomic mass is 35.5. The van der Waals surface area contributed by atoms with Crippen molar-refractivity contribution >= 4 is 41.1 Å². The van der Waals surface area contributed by atoms with Gasteiger partial charge in [-0.05, 0) is 76.9 Å². The van der Waals surface area contributed by atoms with Gasteiger partial charge in [0.05, 0.1) is 50.2 Å². The zero-order chi connectivity index (χ0) is 33.5. The number of fused-ring (bicyclic) bond motifs is 4. The van der Waals surface area contributed by atoms with Crippen molar-refractivity contribution in [2.45, 2.75) is 50.2 Å². The SMILES string of the molecule is COC(=O)Cc1ccc2c(c1)N[C@@H](C(=O)NC1COC1)CCCC[C@H](NC(=O)/C=C/c1cc(Cl)ccc1-n1cnnn1)c1cc-2ccn1. The Morgan fingerprint density at radius 2 is 1.94 bits per heavy atom. The van der Waals surface area contributed by atoms with Crippen molar-refractivity contribution < 1.29 is 23.9 Å². The molecule has 4 heterocycles. The van der Waals surface area contributed by atoms with Gasteiger partial charge in [-0.15, -0.1) is 5.10 Å². The molecule has 3 N–H and O–H groups in total. The molecule has 1 saturated heterocycles. The summed E-state index contributed by atoms with van der Waals surface area (Å²) in [6, 6.07) is 13.8. The van der Waals surface area contributed by atoms with E-state index < -0.39 is 12.1 Å². The third-order valence-corrected chi connectivity index (χ3v) is 8.53. The average Bonchev–Trinajstić information content (AvgIpc) is 3.61. The van der Waals surface area contributed by atoms with Crippen molar-refractivity contribution in [3.63, 3.8) is 0 Å². The summed E-state index contributed by atoms with van der Waals surface area (Å²) >= 11 is 6.25. The molecule has 2 bridgehead atoms. The van der Waals surface area contributed by atoms with Gasteiger partial charge in [0.15, 0.2) is 0 Å². The van der Waals surface area contributed by atoms with Crippen LogP contribution in [-0.4, -0.2) is 75.4 Å². The first-order valence-corrected chi connectivity index (χ1v) is 16.1. The van der Waals surface area contributed by atoms with Crippen LogP contribution in [-0.2, 0) is 30.3 Å². The maximum Gasteiger partial charge on any atom is 0.309 e. The van der Waals surface area contributed by atoms with E-state index in [1.54, 1.807) is 30.5 Å². The summed E-state index contributed by atoms with van der Waals surface area (Å²) in [6.07, 6.45) is 8.99. The normalized spacial score (nSPS) is 18.0. The molecule has 0 saturated carbocycles. The highest BCUT2D eigenvalue weighted by Gasteiger charge is 2.27. The number of aromatic nitrogens is 5. The monoisotopic (exact) mass is 670 g/mol. The topological polar surface area (TPSA) is 162 Å². The smallest absolute Gasteiger partial charge is 0.309 e. The molecule has 1 fully saturated rings. The number of amides is 2. The highest BCUT2D eigenvalue weighted by molar-refractivity contribution is 6.30. The number of methoxy groups -OCH3 is 1. The molecule has 2 atom stereocenters. The molecule has 2 amide bonds. The van der Waals surface area contributed by atoms with Crippen molar-refractivity contribution in [1.29, 1.82) is 0 Å². The molecular formula is C34H35ClN8O5. The molecule has 0 aliphatic carbocycles. The zero-order valence-electron chi connectivity index (χ0n) is 26.3. The van der Waals surface area contributed by atoms with Crippen LogP contribution < -0.4 is 16.0 Å². The summed E-state index contributed by atoms with van der Waals surface area (Å²) in [6.45, 7) is 0.981. The van der Waals surface area contributed by atoms with Gasteiger partial charge in [-0.25, -0.2) is 0 Å². The molecule has 248 valence electrons.